The maximum absolute atomic E-state index is 10.8. The van der Waals surface area contributed by atoms with E-state index in [-0.39, 0.29) is 13.2 Å². The maximum Gasteiger partial charge on any atom is 0.123 e. The van der Waals surface area contributed by atoms with Gasteiger partial charge in [0, 0.05) is 10.4 Å². The van der Waals surface area contributed by atoms with Crippen LogP contribution in [-0.4, -0.2) is 28.4 Å². The maximum atomic E-state index is 10.8. The predicted octanol–water partition coefficient (Wildman–Crippen LogP) is 6.43. The molecule has 1 atom stereocenters. The van der Waals surface area contributed by atoms with Gasteiger partial charge in [0.05, 0.1) is 18.4 Å². The highest BCUT2D eigenvalue weighted by atomic mass is 32.1. The van der Waals surface area contributed by atoms with Crippen molar-refractivity contribution in [2.75, 3.05) is 13.2 Å². The summed E-state index contributed by atoms with van der Waals surface area (Å²) in [5, 5.41) is 23.3. The summed E-state index contributed by atoms with van der Waals surface area (Å²) in [4.78, 5) is 6.23. The standard InChI is InChI=1S/C28H31NO3S/c1-18(2)27-26(13-11-24(31)22-10-12-25(19(3)16-22)32-15-14-30)33-28(29-27)23-9-8-20-6-4-5-7-21(20)17-23/h4-10,12,16-18,24,30-31H,11,13-15H2,1-3H3. The van der Waals surface area contributed by atoms with Gasteiger partial charge in [-0.15, -0.1) is 11.3 Å². The van der Waals surface area contributed by atoms with Crippen molar-refractivity contribution in [2.24, 2.45) is 0 Å². The fourth-order valence-electron chi connectivity index (χ4n) is 4.07. The van der Waals surface area contributed by atoms with Gasteiger partial charge in [-0.1, -0.05) is 56.3 Å². The quantitative estimate of drug-likeness (QED) is 0.301. The van der Waals surface area contributed by atoms with Gasteiger partial charge in [0.2, 0.25) is 0 Å². The molecule has 0 radical (unpaired) electrons. The average molecular weight is 462 g/mol. The summed E-state index contributed by atoms with van der Waals surface area (Å²) in [5.41, 5.74) is 4.11. The van der Waals surface area contributed by atoms with Gasteiger partial charge >= 0.3 is 0 Å². The van der Waals surface area contributed by atoms with Gasteiger partial charge in [-0.2, -0.15) is 0 Å². The van der Waals surface area contributed by atoms with Crippen LogP contribution in [0.15, 0.2) is 60.7 Å². The number of aromatic nitrogens is 1. The minimum atomic E-state index is -0.554. The van der Waals surface area contributed by atoms with E-state index in [1.165, 1.54) is 15.6 Å². The molecule has 0 aliphatic carbocycles. The Balaban J connectivity index is 1.51. The van der Waals surface area contributed by atoms with Crippen molar-refractivity contribution in [1.82, 2.24) is 4.98 Å². The zero-order chi connectivity index (χ0) is 23.4. The summed E-state index contributed by atoms with van der Waals surface area (Å²) < 4.78 is 5.53. The van der Waals surface area contributed by atoms with Gasteiger partial charge in [-0.05, 0) is 65.8 Å². The molecule has 4 aromatic rings. The number of aliphatic hydroxyl groups excluding tert-OH is 2. The molecule has 4 rings (SSSR count). The first-order chi connectivity index (χ1) is 16.0. The zero-order valence-corrected chi connectivity index (χ0v) is 20.2. The van der Waals surface area contributed by atoms with Crippen LogP contribution in [0.3, 0.4) is 0 Å². The molecule has 0 saturated carbocycles. The lowest BCUT2D eigenvalue weighted by Crippen LogP contribution is -2.05. The van der Waals surface area contributed by atoms with Crippen molar-refractivity contribution in [3.05, 3.63) is 82.4 Å². The number of rotatable bonds is 9. The lowest BCUT2D eigenvalue weighted by molar-refractivity contribution is 0.167. The fourth-order valence-corrected chi connectivity index (χ4v) is 5.30. The number of thiazole rings is 1. The van der Waals surface area contributed by atoms with Crippen molar-refractivity contribution in [2.45, 2.75) is 45.6 Å². The Labute approximate surface area is 199 Å². The van der Waals surface area contributed by atoms with Crippen molar-refractivity contribution in [3.63, 3.8) is 0 Å². The molecule has 2 N–H and O–H groups in total. The van der Waals surface area contributed by atoms with E-state index >= 15 is 0 Å². The first-order valence-corrected chi connectivity index (χ1v) is 12.3. The number of fused-ring (bicyclic) bond motifs is 1. The first kappa shape index (κ1) is 23.4. The molecule has 0 bridgehead atoms. The lowest BCUT2D eigenvalue weighted by atomic mass is 10.00. The van der Waals surface area contributed by atoms with Crippen LogP contribution in [-0.2, 0) is 6.42 Å². The normalized spacial score (nSPS) is 12.4. The van der Waals surface area contributed by atoms with E-state index in [1.807, 2.05) is 25.1 Å². The molecule has 0 fully saturated rings. The molecule has 0 amide bonds. The Kier molecular flexibility index (Phi) is 7.43. The van der Waals surface area contributed by atoms with Crippen LogP contribution >= 0.6 is 11.3 Å². The van der Waals surface area contributed by atoms with E-state index in [0.29, 0.717) is 12.3 Å². The Hall–Kier alpha value is -2.73. The largest absolute Gasteiger partial charge is 0.491 e. The summed E-state index contributed by atoms with van der Waals surface area (Å²) in [7, 11) is 0. The number of benzene rings is 3. The minimum Gasteiger partial charge on any atom is -0.491 e. The number of ether oxygens (including phenoxy) is 1. The summed E-state index contributed by atoms with van der Waals surface area (Å²) in [6.07, 6.45) is 0.860. The number of aryl methyl sites for hydroxylation is 2. The Bertz CT molecular complexity index is 1230. The van der Waals surface area contributed by atoms with Gasteiger partial charge in [0.1, 0.15) is 17.4 Å². The van der Waals surface area contributed by atoms with Crippen LogP contribution < -0.4 is 4.74 Å². The third-order valence-electron chi connectivity index (χ3n) is 5.85. The van der Waals surface area contributed by atoms with E-state index in [9.17, 15) is 5.11 Å². The summed E-state index contributed by atoms with van der Waals surface area (Å²) in [6.45, 7) is 6.56. The minimum absolute atomic E-state index is 0.0158. The molecule has 172 valence electrons. The Morgan fingerprint density at radius 1 is 1.00 bits per heavy atom. The van der Waals surface area contributed by atoms with Gasteiger partial charge in [0.15, 0.2) is 0 Å². The fraction of sp³-hybridized carbons (Fsp3) is 0.321. The average Bonchev–Trinajstić information content (AvgIpc) is 3.26. The second-order valence-corrected chi connectivity index (χ2v) is 9.78. The first-order valence-electron chi connectivity index (χ1n) is 11.5. The van der Waals surface area contributed by atoms with Gasteiger partial charge in [0.25, 0.3) is 0 Å². The molecular formula is C28H31NO3S. The molecule has 0 aliphatic heterocycles. The second-order valence-electron chi connectivity index (χ2n) is 8.70. The van der Waals surface area contributed by atoms with Gasteiger partial charge < -0.3 is 14.9 Å². The Morgan fingerprint density at radius 2 is 1.79 bits per heavy atom. The summed E-state index contributed by atoms with van der Waals surface area (Å²) in [6, 6.07) is 20.6. The van der Waals surface area contributed by atoms with E-state index < -0.39 is 6.10 Å². The smallest absolute Gasteiger partial charge is 0.123 e. The SMILES string of the molecule is Cc1cc(C(O)CCc2sc(-c3ccc4ccccc4c3)nc2C(C)C)ccc1OCCO. The predicted molar refractivity (Wildman–Crippen MR) is 136 cm³/mol. The van der Waals surface area contributed by atoms with Crippen LogP contribution in [0, 0.1) is 6.92 Å². The number of hydrogen-bond acceptors (Lipinski definition) is 5. The summed E-state index contributed by atoms with van der Waals surface area (Å²) >= 11 is 1.74. The van der Waals surface area contributed by atoms with Crippen LogP contribution in [0.4, 0.5) is 0 Å². The molecule has 4 nitrogen and oxygen atoms in total. The molecule has 3 aromatic carbocycles. The van der Waals surface area contributed by atoms with Crippen LogP contribution in [0.2, 0.25) is 0 Å². The van der Waals surface area contributed by atoms with Crippen LogP contribution in [0.1, 0.15) is 54.0 Å². The number of nitrogens with zero attached hydrogens (tertiary/aromatic N) is 1. The van der Waals surface area contributed by atoms with E-state index in [0.717, 1.165) is 39.6 Å². The topological polar surface area (TPSA) is 62.6 Å². The molecule has 33 heavy (non-hydrogen) atoms. The van der Waals surface area contributed by atoms with E-state index in [1.54, 1.807) is 11.3 Å². The van der Waals surface area contributed by atoms with E-state index in [2.05, 4.69) is 56.3 Å². The highest BCUT2D eigenvalue weighted by Gasteiger charge is 2.18. The van der Waals surface area contributed by atoms with E-state index in [4.69, 9.17) is 14.8 Å². The third kappa shape index (κ3) is 5.44. The van der Waals surface area contributed by atoms with Gasteiger partial charge in [-0.25, -0.2) is 4.98 Å². The van der Waals surface area contributed by atoms with Crippen molar-refractivity contribution < 1.29 is 14.9 Å². The highest BCUT2D eigenvalue weighted by Crippen LogP contribution is 2.35. The van der Waals surface area contributed by atoms with Gasteiger partial charge in [-0.3, -0.25) is 0 Å². The molecule has 0 saturated heterocycles. The zero-order valence-electron chi connectivity index (χ0n) is 19.4. The molecule has 1 aromatic heterocycles. The summed E-state index contributed by atoms with van der Waals surface area (Å²) in [5.74, 6) is 1.07. The Morgan fingerprint density at radius 3 is 2.52 bits per heavy atom. The highest BCUT2D eigenvalue weighted by molar-refractivity contribution is 7.15. The van der Waals surface area contributed by atoms with Crippen LogP contribution in [0.25, 0.3) is 21.3 Å². The molecule has 5 heteroatoms. The van der Waals surface area contributed by atoms with Crippen molar-refractivity contribution in [1.29, 1.82) is 0 Å². The molecule has 1 unspecified atom stereocenters. The molecular weight excluding hydrogens is 430 g/mol. The number of aliphatic hydroxyl groups is 2. The van der Waals surface area contributed by atoms with Crippen molar-refractivity contribution >= 4 is 22.1 Å². The lowest BCUT2D eigenvalue weighted by Gasteiger charge is -2.14. The van der Waals surface area contributed by atoms with Crippen molar-refractivity contribution in [3.8, 4) is 16.3 Å². The third-order valence-corrected chi connectivity index (χ3v) is 7.03. The molecule has 0 spiro atoms. The molecule has 0 aliphatic rings. The second kappa shape index (κ2) is 10.5. The van der Waals surface area contributed by atoms with Crippen LogP contribution in [0.5, 0.6) is 5.75 Å². The number of hydrogen-bond donors (Lipinski definition) is 2. The monoisotopic (exact) mass is 461 g/mol. The molecule has 1 heterocycles.